The quantitative estimate of drug-likeness (QED) is 0.353. The zero-order valence-corrected chi connectivity index (χ0v) is 22.2. The Bertz CT molecular complexity index is 1030. The molecule has 2 atom stereocenters. The number of nitrogens with one attached hydrogen (secondary N) is 1. The zero-order chi connectivity index (χ0) is 23.8. The number of aliphatic carboxylic acids is 1. The number of hydrogen-bond donors (Lipinski definition) is 2. The number of para-hydroxylation sites is 2. The Morgan fingerprint density at radius 1 is 1.32 bits per heavy atom. The molecule has 0 spiro atoms. The zero-order valence-electron chi connectivity index (χ0n) is 19.1. The third-order valence-electron chi connectivity index (χ3n) is 5.67. The van der Waals surface area contributed by atoms with Gasteiger partial charge in [0.15, 0.2) is 0 Å². The van der Waals surface area contributed by atoms with Crippen molar-refractivity contribution in [3.05, 3.63) is 59.1 Å². The van der Waals surface area contributed by atoms with E-state index in [1.165, 1.54) is 13.4 Å². The maximum Gasteiger partial charge on any atom is 0.347 e. The van der Waals surface area contributed by atoms with Crippen molar-refractivity contribution in [2.45, 2.75) is 37.8 Å². The largest absolute Gasteiger partial charge is 0.495 e. The number of nitriles is 1. The Kier molecular flexibility index (Phi) is 10.3. The lowest BCUT2D eigenvalue weighted by Gasteiger charge is -2.32. The summed E-state index contributed by atoms with van der Waals surface area (Å²) in [7, 11) is 1.53. The van der Waals surface area contributed by atoms with E-state index in [4.69, 9.17) is 16.3 Å². The van der Waals surface area contributed by atoms with E-state index in [0.29, 0.717) is 29.4 Å². The molecule has 182 valence electrons. The molecule has 0 bridgehead atoms. The Morgan fingerprint density at radius 3 is 2.65 bits per heavy atom. The summed E-state index contributed by atoms with van der Waals surface area (Å²) in [5.74, 6) is -0.507. The van der Waals surface area contributed by atoms with Crippen LogP contribution in [-0.4, -0.2) is 53.8 Å². The number of carbonyl (C=O) groups is 1. The molecule has 0 aromatic heterocycles. The predicted octanol–water partition coefficient (Wildman–Crippen LogP) is 4.96. The number of ether oxygens (including phenoxy) is 1. The third kappa shape index (κ3) is 6.45. The van der Waals surface area contributed by atoms with E-state index in [1.54, 1.807) is 40.2 Å². The van der Waals surface area contributed by atoms with E-state index in [2.05, 4.69) is 23.4 Å². The lowest BCUT2D eigenvalue weighted by atomic mass is 9.77. The van der Waals surface area contributed by atoms with Crippen LogP contribution in [0.15, 0.2) is 53.6 Å². The highest BCUT2D eigenvalue weighted by Gasteiger charge is 2.37. The Labute approximate surface area is 222 Å². The molecule has 1 heterocycles. The molecule has 2 N–H and O–H groups in total. The van der Waals surface area contributed by atoms with Gasteiger partial charge in [-0.15, -0.1) is 24.0 Å². The van der Waals surface area contributed by atoms with Gasteiger partial charge in [0.05, 0.1) is 25.4 Å². The van der Waals surface area contributed by atoms with Crippen LogP contribution in [-0.2, 0) is 10.2 Å². The number of benzene rings is 2. The molecule has 3 rings (SSSR count). The number of nitrogens with zero attached hydrogens (tertiary/aromatic N) is 4. The Morgan fingerprint density at radius 2 is 2.03 bits per heavy atom. The number of carboxylic acids is 1. The van der Waals surface area contributed by atoms with Gasteiger partial charge in [0.1, 0.15) is 24.2 Å². The number of rotatable bonds is 11. The summed E-state index contributed by atoms with van der Waals surface area (Å²) in [4.78, 5) is 13.6. The van der Waals surface area contributed by atoms with Gasteiger partial charge in [0, 0.05) is 5.02 Å². The second-order valence-electron chi connectivity index (χ2n) is 7.94. The first-order valence-corrected chi connectivity index (χ1v) is 11.1. The molecule has 2 aromatic rings. The molecule has 1 aliphatic heterocycles. The third-order valence-corrected chi connectivity index (χ3v) is 5.93. The van der Waals surface area contributed by atoms with Crippen molar-refractivity contribution in [2.24, 2.45) is 5.10 Å². The number of carboxylic acid groups (broad SMARTS) is 1. The highest BCUT2D eigenvalue weighted by Crippen LogP contribution is 2.33. The van der Waals surface area contributed by atoms with Gasteiger partial charge in [0.25, 0.3) is 0 Å². The van der Waals surface area contributed by atoms with Crippen molar-refractivity contribution in [1.82, 2.24) is 9.91 Å². The van der Waals surface area contributed by atoms with Crippen LogP contribution in [0.2, 0.25) is 5.02 Å². The summed E-state index contributed by atoms with van der Waals surface area (Å²) in [6, 6.07) is 17.0. The highest BCUT2D eigenvalue weighted by atomic mass is 127. The molecule has 1 aliphatic rings. The minimum Gasteiger partial charge on any atom is -0.495 e. The molecular formula is C24H29ClIN5O3. The monoisotopic (exact) mass is 597 g/mol. The fourth-order valence-corrected chi connectivity index (χ4v) is 3.99. The van der Waals surface area contributed by atoms with Crippen molar-refractivity contribution >= 4 is 53.6 Å². The summed E-state index contributed by atoms with van der Waals surface area (Å²) in [6.45, 7) is 2.64. The molecular weight excluding hydrogens is 569 g/mol. The van der Waals surface area contributed by atoms with Crippen molar-refractivity contribution in [3.8, 4) is 11.8 Å². The minimum absolute atomic E-state index is 0. The standard InChI is InChI=1S/C24H28ClN5O3.HI/c1-3-4-13-24(14-26,18-9-11-19(25)12-10-18)15-30-17-29(16-27-30)22(23(31)32)28-20-7-5-6-8-21(20)33-2;/h5-12,16,22,28H,3-4,13,15,17H2,1-2H3,(H,31,32);1H. The summed E-state index contributed by atoms with van der Waals surface area (Å²) in [6.07, 6.45) is 2.93. The normalized spacial score (nSPS) is 15.1. The first-order valence-electron chi connectivity index (χ1n) is 10.8. The molecule has 0 fully saturated rings. The Balaban J connectivity index is 0.00000408. The van der Waals surface area contributed by atoms with E-state index in [9.17, 15) is 15.2 Å². The maximum absolute atomic E-state index is 12.0. The minimum atomic E-state index is -1.06. The first kappa shape index (κ1) is 27.5. The van der Waals surface area contributed by atoms with Gasteiger partial charge in [-0.2, -0.15) is 10.4 Å². The summed E-state index contributed by atoms with van der Waals surface area (Å²) >= 11 is 6.06. The van der Waals surface area contributed by atoms with Crippen molar-refractivity contribution in [3.63, 3.8) is 0 Å². The highest BCUT2D eigenvalue weighted by molar-refractivity contribution is 14.0. The molecule has 0 radical (unpaired) electrons. The molecule has 0 amide bonds. The van der Waals surface area contributed by atoms with Crippen LogP contribution >= 0.6 is 35.6 Å². The van der Waals surface area contributed by atoms with E-state index in [-0.39, 0.29) is 30.6 Å². The molecule has 34 heavy (non-hydrogen) atoms. The number of hydrogen-bond acceptors (Lipinski definition) is 7. The molecule has 0 saturated carbocycles. The van der Waals surface area contributed by atoms with Gasteiger partial charge in [-0.3, -0.25) is 5.01 Å². The van der Waals surface area contributed by atoms with Crippen LogP contribution < -0.4 is 10.1 Å². The lowest BCUT2D eigenvalue weighted by molar-refractivity contribution is -0.140. The second-order valence-corrected chi connectivity index (χ2v) is 8.38. The van der Waals surface area contributed by atoms with Gasteiger partial charge >= 0.3 is 5.97 Å². The second kappa shape index (κ2) is 12.7. The van der Waals surface area contributed by atoms with Crippen LogP contribution in [0.4, 0.5) is 5.69 Å². The van der Waals surface area contributed by atoms with Crippen molar-refractivity contribution in [2.75, 3.05) is 25.6 Å². The molecule has 2 aromatic carbocycles. The molecule has 2 unspecified atom stereocenters. The number of methoxy groups -OCH3 is 1. The van der Waals surface area contributed by atoms with Crippen LogP contribution in [0.3, 0.4) is 0 Å². The number of anilines is 1. The van der Waals surface area contributed by atoms with E-state index < -0.39 is 17.6 Å². The molecule has 0 saturated heterocycles. The van der Waals surface area contributed by atoms with Gasteiger partial charge in [-0.1, -0.05) is 55.6 Å². The van der Waals surface area contributed by atoms with Gasteiger partial charge in [-0.25, -0.2) is 4.79 Å². The van der Waals surface area contributed by atoms with Gasteiger partial charge < -0.3 is 20.1 Å². The molecule has 10 heteroatoms. The fourth-order valence-electron chi connectivity index (χ4n) is 3.87. The molecule has 8 nitrogen and oxygen atoms in total. The van der Waals surface area contributed by atoms with Crippen LogP contribution in [0.25, 0.3) is 0 Å². The van der Waals surface area contributed by atoms with Crippen molar-refractivity contribution in [1.29, 1.82) is 5.26 Å². The SMILES string of the molecule is CCCCC(C#N)(CN1CN(C(Nc2ccccc2OC)C(=O)O)C=N1)c1ccc(Cl)cc1.I. The topological polar surface area (TPSA) is 101 Å². The van der Waals surface area contributed by atoms with Crippen LogP contribution in [0, 0.1) is 11.3 Å². The number of halogens is 2. The summed E-state index contributed by atoms with van der Waals surface area (Å²) in [5, 5.41) is 29.8. The predicted molar refractivity (Wildman–Crippen MR) is 144 cm³/mol. The van der Waals surface area contributed by atoms with E-state index in [1.807, 2.05) is 18.2 Å². The van der Waals surface area contributed by atoms with Crippen LogP contribution in [0.5, 0.6) is 5.75 Å². The van der Waals surface area contributed by atoms with E-state index in [0.717, 1.165) is 18.4 Å². The molecule has 0 aliphatic carbocycles. The first-order chi connectivity index (χ1) is 15.9. The summed E-state index contributed by atoms with van der Waals surface area (Å²) in [5.41, 5.74) is 0.649. The number of hydrazone groups is 1. The van der Waals surface area contributed by atoms with Gasteiger partial charge in [-0.05, 0) is 36.2 Å². The fraction of sp³-hybridized carbons (Fsp3) is 0.375. The lowest BCUT2D eigenvalue weighted by Crippen LogP contribution is -2.48. The van der Waals surface area contributed by atoms with E-state index >= 15 is 0 Å². The van der Waals surface area contributed by atoms with Gasteiger partial charge in [0.2, 0.25) is 6.17 Å². The average Bonchev–Trinajstić information content (AvgIpc) is 3.28. The van der Waals surface area contributed by atoms with Crippen molar-refractivity contribution < 1.29 is 14.6 Å². The number of unbranched alkanes of at least 4 members (excludes halogenated alkanes) is 1. The average molecular weight is 598 g/mol. The van der Waals surface area contributed by atoms with Crippen LogP contribution in [0.1, 0.15) is 31.7 Å². The Hall–Kier alpha value is -2.71. The smallest absolute Gasteiger partial charge is 0.347 e. The summed E-state index contributed by atoms with van der Waals surface area (Å²) < 4.78 is 5.32. The maximum atomic E-state index is 12.0.